The molecule has 0 bridgehead atoms. The van der Waals surface area contributed by atoms with E-state index in [4.69, 9.17) is 0 Å². The van der Waals surface area contributed by atoms with Gasteiger partial charge in [-0.15, -0.1) is 21.5 Å². The van der Waals surface area contributed by atoms with Crippen LogP contribution in [0, 0.1) is 5.92 Å². The average Bonchev–Trinajstić information content (AvgIpc) is 2.96. The molecule has 6 nitrogen and oxygen atoms in total. The van der Waals surface area contributed by atoms with Crippen molar-refractivity contribution in [3.63, 3.8) is 0 Å². The van der Waals surface area contributed by atoms with Crippen LogP contribution in [0.3, 0.4) is 0 Å². The molecule has 3 aromatic rings. The first-order chi connectivity index (χ1) is 11.3. The van der Waals surface area contributed by atoms with Crippen molar-refractivity contribution in [2.24, 2.45) is 5.92 Å². The zero-order valence-corrected chi connectivity index (χ0v) is 13.1. The molecule has 7 heteroatoms. The van der Waals surface area contributed by atoms with E-state index < -0.39 is 0 Å². The molecule has 1 saturated carbocycles. The number of rotatable bonds is 5. The van der Waals surface area contributed by atoms with Crippen LogP contribution in [0.4, 0.5) is 5.69 Å². The lowest BCUT2D eigenvalue weighted by Gasteiger charge is -2.06. The molecule has 0 unspecified atom stereocenters. The molecular formula is C16H15N5OS. The highest BCUT2D eigenvalue weighted by atomic mass is 32.1. The predicted octanol–water partition coefficient (Wildman–Crippen LogP) is 2.59. The summed E-state index contributed by atoms with van der Waals surface area (Å²) in [4.78, 5) is 13.7. The summed E-state index contributed by atoms with van der Waals surface area (Å²) in [6.45, 7) is 0. The molecule has 1 aliphatic carbocycles. The topological polar surface area (TPSA) is 83.6 Å². The van der Waals surface area contributed by atoms with Crippen LogP contribution < -0.4 is 5.32 Å². The van der Waals surface area contributed by atoms with Gasteiger partial charge in [-0.05, 0) is 35.6 Å². The van der Waals surface area contributed by atoms with Crippen LogP contribution in [0.2, 0.25) is 0 Å². The van der Waals surface area contributed by atoms with Crippen molar-refractivity contribution in [1.29, 1.82) is 0 Å². The molecule has 2 N–H and O–H groups in total. The van der Waals surface area contributed by atoms with Crippen molar-refractivity contribution in [3.8, 4) is 0 Å². The molecule has 1 amide bonds. The van der Waals surface area contributed by atoms with Gasteiger partial charge in [0.2, 0.25) is 5.91 Å². The highest BCUT2D eigenvalue weighted by Gasteiger charge is 2.44. The Morgan fingerprint density at radius 2 is 2.30 bits per heavy atom. The fourth-order valence-corrected chi connectivity index (χ4v) is 3.64. The van der Waals surface area contributed by atoms with Gasteiger partial charge in [-0.3, -0.25) is 4.79 Å². The van der Waals surface area contributed by atoms with Crippen molar-refractivity contribution < 1.29 is 4.79 Å². The Hall–Kier alpha value is -2.54. The number of H-pyrrole nitrogens is 1. The first kappa shape index (κ1) is 14.1. The summed E-state index contributed by atoms with van der Waals surface area (Å²) in [5, 5.41) is 19.0. The molecule has 116 valence electrons. The molecule has 0 aliphatic heterocycles. The lowest BCUT2D eigenvalue weighted by atomic mass is 10.1. The number of anilines is 1. The summed E-state index contributed by atoms with van der Waals surface area (Å²) < 4.78 is 0. The number of nitrogens with one attached hydrogen (secondary N) is 2. The lowest BCUT2D eigenvalue weighted by molar-refractivity contribution is -0.117. The third-order valence-electron chi connectivity index (χ3n) is 3.98. The molecule has 4 rings (SSSR count). The smallest absolute Gasteiger partial charge is 0.228 e. The molecular weight excluding hydrogens is 310 g/mol. The van der Waals surface area contributed by atoms with Crippen LogP contribution in [0.25, 0.3) is 0 Å². The van der Waals surface area contributed by atoms with Crippen molar-refractivity contribution in [2.45, 2.75) is 18.8 Å². The first-order valence-electron chi connectivity index (χ1n) is 7.45. The largest absolute Gasteiger partial charge is 0.326 e. The highest BCUT2D eigenvalue weighted by molar-refractivity contribution is 7.10. The molecule has 23 heavy (non-hydrogen) atoms. The number of tetrazole rings is 1. The standard InChI is InChI=1S/C16H15N5OS/c22-16(13-9-12(13)14-5-2-6-23-14)17-11-4-1-3-10(7-11)8-15-18-20-21-19-15/h1-7,12-13H,8-9H2,(H,17,22)(H,18,19,20,21)/t12-,13-/m1/s1. The molecule has 1 aromatic carbocycles. The monoisotopic (exact) mass is 325 g/mol. The average molecular weight is 325 g/mol. The van der Waals surface area contributed by atoms with Gasteiger partial charge in [-0.25, -0.2) is 0 Å². The minimum atomic E-state index is 0.0921. The van der Waals surface area contributed by atoms with Gasteiger partial charge in [-0.1, -0.05) is 23.4 Å². The maximum Gasteiger partial charge on any atom is 0.228 e. The van der Waals surface area contributed by atoms with Gasteiger partial charge in [0.15, 0.2) is 5.82 Å². The Morgan fingerprint density at radius 1 is 1.35 bits per heavy atom. The number of amides is 1. The zero-order chi connectivity index (χ0) is 15.6. The second-order valence-corrected chi connectivity index (χ2v) is 6.64. The van der Waals surface area contributed by atoms with Crippen molar-refractivity contribution in [1.82, 2.24) is 20.6 Å². The van der Waals surface area contributed by atoms with Crippen molar-refractivity contribution in [2.75, 3.05) is 5.32 Å². The third-order valence-corrected chi connectivity index (χ3v) is 4.99. The third kappa shape index (κ3) is 3.14. The number of aromatic nitrogens is 4. The van der Waals surface area contributed by atoms with E-state index in [2.05, 4.69) is 37.4 Å². The molecule has 1 aliphatic rings. The summed E-state index contributed by atoms with van der Waals surface area (Å²) in [5.41, 5.74) is 1.85. The number of nitrogens with zero attached hydrogens (tertiary/aromatic N) is 3. The van der Waals surface area contributed by atoms with E-state index in [0.29, 0.717) is 18.2 Å². The second kappa shape index (κ2) is 5.92. The normalized spacial score (nSPS) is 19.5. The van der Waals surface area contributed by atoms with Gasteiger partial charge >= 0.3 is 0 Å². The van der Waals surface area contributed by atoms with Crippen LogP contribution in [-0.4, -0.2) is 26.5 Å². The Kier molecular flexibility index (Phi) is 3.63. The van der Waals surface area contributed by atoms with Gasteiger partial charge in [0.05, 0.1) is 0 Å². The first-order valence-corrected chi connectivity index (χ1v) is 8.33. The van der Waals surface area contributed by atoms with E-state index in [1.807, 2.05) is 30.3 Å². The Balaban J connectivity index is 1.40. The van der Waals surface area contributed by atoms with Crippen molar-refractivity contribution >= 4 is 22.9 Å². The minimum absolute atomic E-state index is 0.0921. The maximum atomic E-state index is 12.4. The quantitative estimate of drug-likeness (QED) is 0.755. The summed E-state index contributed by atoms with van der Waals surface area (Å²) in [7, 11) is 0. The second-order valence-electron chi connectivity index (χ2n) is 5.66. The fourth-order valence-electron chi connectivity index (χ4n) is 2.74. The number of carbonyl (C=O) groups excluding carboxylic acids is 1. The summed E-state index contributed by atoms with van der Waals surface area (Å²) in [6, 6.07) is 11.9. The summed E-state index contributed by atoms with van der Waals surface area (Å²) >= 11 is 1.72. The molecule has 2 atom stereocenters. The van der Waals surface area contributed by atoms with E-state index in [0.717, 1.165) is 17.7 Å². The predicted molar refractivity (Wildman–Crippen MR) is 87.2 cm³/mol. The van der Waals surface area contributed by atoms with E-state index in [9.17, 15) is 4.79 Å². The summed E-state index contributed by atoms with van der Waals surface area (Å²) in [6.07, 6.45) is 1.52. The van der Waals surface area contributed by atoms with Crippen LogP contribution >= 0.6 is 11.3 Å². The number of hydrogen-bond donors (Lipinski definition) is 2. The molecule has 0 spiro atoms. The number of benzene rings is 1. The van der Waals surface area contributed by atoms with E-state index >= 15 is 0 Å². The van der Waals surface area contributed by atoms with Crippen LogP contribution in [0.5, 0.6) is 0 Å². The summed E-state index contributed by atoms with van der Waals surface area (Å²) in [5.74, 6) is 1.21. The molecule has 0 radical (unpaired) electrons. The number of thiophene rings is 1. The van der Waals surface area contributed by atoms with Crippen LogP contribution in [0.1, 0.15) is 28.6 Å². The zero-order valence-electron chi connectivity index (χ0n) is 12.3. The van der Waals surface area contributed by atoms with Crippen molar-refractivity contribution in [3.05, 3.63) is 58.0 Å². The van der Waals surface area contributed by atoms with E-state index in [1.165, 1.54) is 4.88 Å². The van der Waals surface area contributed by atoms with E-state index in [-0.39, 0.29) is 11.8 Å². The van der Waals surface area contributed by atoms with Gasteiger partial charge in [0.25, 0.3) is 0 Å². The SMILES string of the molecule is O=C(Nc1cccc(Cc2nn[nH]n2)c1)[C@@H]1C[C@H]1c1cccs1. The van der Waals surface area contributed by atoms with Crippen LogP contribution in [-0.2, 0) is 11.2 Å². The molecule has 2 heterocycles. The van der Waals surface area contributed by atoms with Gasteiger partial charge in [0, 0.05) is 28.8 Å². The number of carbonyl (C=O) groups is 1. The maximum absolute atomic E-state index is 12.4. The van der Waals surface area contributed by atoms with Gasteiger partial charge in [0.1, 0.15) is 0 Å². The Labute approximate surface area is 136 Å². The minimum Gasteiger partial charge on any atom is -0.326 e. The highest BCUT2D eigenvalue weighted by Crippen LogP contribution is 2.49. The van der Waals surface area contributed by atoms with Gasteiger partial charge in [-0.2, -0.15) is 5.21 Å². The lowest BCUT2D eigenvalue weighted by Crippen LogP contribution is -2.14. The van der Waals surface area contributed by atoms with Gasteiger partial charge < -0.3 is 5.32 Å². The Bertz CT molecular complexity index is 800. The molecule has 0 saturated heterocycles. The fraction of sp³-hybridized carbons (Fsp3) is 0.250. The molecule has 1 fully saturated rings. The van der Waals surface area contributed by atoms with E-state index in [1.54, 1.807) is 11.3 Å². The van der Waals surface area contributed by atoms with Crippen LogP contribution in [0.15, 0.2) is 41.8 Å². The number of aromatic amines is 1. The molecule has 2 aromatic heterocycles. The number of hydrogen-bond acceptors (Lipinski definition) is 5. The Morgan fingerprint density at radius 3 is 3.09 bits per heavy atom.